The van der Waals surface area contributed by atoms with E-state index in [1.54, 1.807) is 7.11 Å². The van der Waals surface area contributed by atoms with Crippen molar-refractivity contribution in [2.45, 2.75) is 37.3 Å². The molecule has 0 saturated carbocycles. The van der Waals surface area contributed by atoms with E-state index in [9.17, 15) is 0 Å². The van der Waals surface area contributed by atoms with Gasteiger partial charge in [-0.05, 0) is 19.4 Å². The van der Waals surface area contributed by atoms with Crippen LogP contribution in [0.4, 0.5) is 0 Å². The summed E-state index contributed by atoms with van der Waals surface area (Å²) >= 11 is 0. The first-order valence-electron chi connectivity index (χ1n) is 6.54. The van der Waals surface area contributed by atoms with Gasteiger partial charge in [-0.2, -0.15) is 4.98 Å². The van der Waals surface area contributed by atoms with Gasteiger partial charge in [0.15, 0.2) is 0 Å². The van der Waals surface area contributed by atoms with E-state index in [0.717, 1.165) is 32.2 Å². The van der Waals surface area contributed by atoms with Crippen LogP contribution >= 0.6 is 0 Å². The molecule has 18 heavy (non-hydrogen) atoms. The van der Waals surface area contributed by atoms with Gasteiger partial charge in [-0.25, -0.2) is 0 Å². The van der Waals surface area contributed by atoms with E-state index in [4.69, 9.17) is 14.0 Å². The minimum atomic E-state index is -0.432. The van der Waals surface area contributed by atoms with Gasteiger partial charge in [0.2, 0.25) is 11.7 Å². The fourth-order valence-electron chi connectivity index (χ4n) is 2.68. The summed E-state index contributed by atoms with van der Waals surface area (Å²) in [6.07, 6.45) is 3.78. The van der Waals surface area contributed by atoms with Gasteiger partial charge in [-0.15, -0.1) is 0 Å². The molecule has 0 spiro atoms. The molecule has 2 saturated heterocycles. The standard InChI is InChI=1S/C12H19N3O3/c1-16-12(4-7-17-8-5-12)11-14-10(18-15-11)9-3-2-6-13-9/h9,13H,2-8H2,1H3/t9-/m0/s1. The average Bonchev–Trinajstić information content (AvgIpc) is 3.10. The number of nitrogens with one attached hydrogen (secondary N) is 1. The van der Waals surface area contributed by atoms with Crippen LogP contribution in [-0.2, 0) is 15.1 Å². The lowest BCUT2D eigenvalue weighted by molar-refractivity contribution is -0.101. The molecule has 0 amide bonds. The zero-order valence-electron chi connectivity index (χ0n) is 10.6. The smallest absolute Gasteiger partial charge is 0.243 e. The van der Waals surface area contributed by atoms with Gasteiger partial charge >= 0.3 is 0 Å². The molecule has 0 aliphatic carbocycles. The average molecular weight is 253 g/mol. The third-order valence-corrected chi connectivity index (χ3v) is 3.90. The van der Waals surface area contributed by atoms with E-state index in [2.05, 4.69) is 15.5 Å². The van der Waals surface area contributed by atoms with Crippen LogP contribution in [0.2, 0.25) is 0 Å². The highest BCUT2D eigenvalue weighted by molar-refractivity contribution is 5.05. The molecule has 2 fully saturated rings. The molecule has 1 aromatic rings. The summed E-state index contributed by atoms with van der Waals surface area (Å²) in [5.74, 6) is 1.35. The van der Waals surface area contributed by atoms with Gasteiger partial charge in [-0.1, -0.05) is 5.16 Å². The number of hydrogen-bond donors (Lipinski definition) is 1. The number of methoxy groups -OCH3 is 1. The minimum absolute atomic E-state index is 0.208. The summed E-state index contributed by atoms with van der Waals surface area (Å²) in [4.78, 5) is 4.54. The maximum atomic E-state index is 5.66. The van der Waals surface area contributed by atoms with Gasteiger partial charge in [0, 0.05) is 33.2 Å². The van der Waals surface area contributed by atoms with Crippen LogP contribution in [0.5, 0.6) is 0 Å². The van der Waals surface area contributed by atoms with E-state index in [1.807, 2.05) is 0 Å². The molecule has 2 aliphatic rings. The molecule has 100 valence electrons. The molecule has 2 aliphatic heterocycles. The molecule has 1 N–H and O–H groups in total. The van der Waals surface area contributed by atoms with Gasteiger partial charge in [0.1, 0.15) is 5.60 Å². The third-order valence-electron chi connectivity index (χ3n) is 3.90. The number of rotatable bonds is 3. The Bertz CT molecular complexity index is 395. The number of ether oxygens (including phenoxy) is 2. The molecule has 0 unspecified atom stereocenters. The maximum absolute atomic E-state index is 5.66. The molecule has 0 radical (unpaired) electrons. The maximum Gasteiger partial charge on any atom is 0.243 e. The molecule has 0 aromatic carbocycles. The van der Waals surface area contributed by atoms with E-state index in [0.29, 0.717) is 24.9 Å². The van der Waals surface area contributed by atoms with Crippen LogP contribution in [0, 0.1) is 0 Å². The Morgan fingerprint density at radius 3 is 2.89 bits per heavy atom. The second kappa shape index (κ2) is 4.95. The Labute approximate surface area is 106 Å². The van der Waals surface area contributed by atoms with Crippen molar-refractivity contribution in [2.24, 2.45) is 0 Å². The quantitative estimate of drug-likeness (QED) is 0.871. The van der Waals surface area contributed by atoms with Crippen LogP contribution in [0.3, 0.4) is 0 Å². The highest BCUT2D eigenvalue weighted by Gasteiger charge is 2.39. The number of nitrogens with zero attached hydrogens (tertiary/aromatic N) is 2. The summed E-state index contributed by atoms with van der Waals surface area (Å²) in [6, 6.07) is 0.208. The lowest BCUT2D eigenvalue weighted by atomic mass is 9.93. The van der Waals surface area contributed by atoms with Gasteiger partial charge in [0.05, 0.1) is 6.04 Å². The largest absolute Gasteiger partial charge is 0.381 e. The Balaban J connectivity index is 1.82. The molecule has 1 atom stereocenters. The van der Waals surface area contributed by atoms with Crippen molar-refractivity contribution in [3.63, 3.8) is 0 Å². The first kappa shape index (κ1) is 12.1. The molecule has 3 rings (SSSR count). The van der Waals surface area contributed by atoms with E-state index >= 15 is 0 Å². The van der Waals surface area contributed by atoms with E-state index in [1.165, 1.54) is 0 Å². The number of hydrogen-bond acceptors (Lipinski definition) is 6. The van der Waals surface area contributed by atoms with Gasteiger partial charge < -0.3 is 19.3 Å². The summed E-state index contributed by atoms with van der Waals surface area (Å²) in [7, 11) is 1.70. The lowest BCUT2D eigenvalue weighted by Crippen LogP contribution is -2.36. The third kappa shape index (κ3) is 2.04. The Kier molecular flexibility index (Phi) is 3.32. The monoisotopic (exact) mass is 253 g/mol. The van der Waals surface area contributed by atoms with Crippen LogP contribution in [-0.4, -0.2) is 37.0 Å². The van der Waals surface area contributed by atoms with Crippen molar-refractivity contribution < 1.29 is 14.0 Å². The fourth-order valence-corrected chi connectivity index (χ4v) is 2.68. The summed E-state index contributed by atoms with van der Waals surface area (Å²) in [5.41, 5.74) is -0.432. The molecular weight excluding hydrogens is 234 g/mol. The second-order valence-electron chi connectivity index (χ2n) is 4.92. The molecular formula is C12H19N3O3. The Hall–Kier alpha value is -0.980. The lowest BCUT2D eigenvalue weighted by Gasteiger charge is -2.32. The van der Waals surface area contributed by atoms with Crippen molar-refractivity contribution in [3.05, 3.63) is 11.7 Å². The molecule has 3 heterocycles. The predicted molar refractivity (Wildman–Crippen MR) is 63.0 cm³/mol. The van der Waals surface area contributed by atoms with Crippen LogP contribution in [0.25, 0.3) is 0 Å². The van der Waals surface area contributed by atoms with Crippen LogP contribution < -0.4 is 5.32 Å². The van der Waals surface area contributed by atoms with E-state index in [-0.39, 0.29) is 6.04 Å². The molecule has 0 bridgehead atoms. The van der Waals surface area contributed by atoms with Crippen LogP contribution in [0.1, 0.15) is 43.4 Å². The highest BCUT2D eigenvalue weighted by atomic mass is 16.5. The molecule has 6 heteroatoms. The summed E-state index contributed by atoms with van der Waals surface area (Å²) in [6.45, 7) is 2.38. The zero-order valence-corrected chi connectivity index (χ0v) is 10.6. The topological polar surface area (TPSA) is 69.4 Å². The first-order chi connectivity index (χ1) is 8.84. The van der Waals surface area contributed by atoms with Crippen molar-refractivity contribution in [1.82, 2.24) is 15.5 Å². The minimum Gasteiger partial charge on any atom is -0.381 e. The zero-order chi connectivity index (χ0) is 12.4. The van der Waals surface area contributed by atoms with Crippen molar-refractivity contribution in [3.8, 4) is 0 Å². The predicted octanol–water partition coefficient (Wildman–Crippen LogP) is 1.15. The SMILES string of the molecule is COC1(c2noc([C@@H]3CCCN3)n2)CCOCC1. The normalized spacial score (nSPS) is 27.5. The fraction of sp³-hybridized carbons (Fsp3) is 0.833. The Morgan fingerprint density at radius 2 is 2.22 bits per heavy atom. The summed E-state index contributed by atoms with van der Waals surface area (Å²) < 4.78 is 16.4. The van der Waals surface area contributed by atoms with Gasteiger partial charge in [0.25, 0.3) is 0 Å². The Morgan fingerprint density at radius 1 is 1.39 bits per heavy atom. The van der Waals surface area contributed by atoms with E-state index < -0.39 is 5.60 Å². The second-order valence-corrected chi connectivity index (χ2v) is 4.92. The van der Waals surface area contributed by atoms with Crippen molar-refractivity contribution in [1.29, 1.82) is 0 Å². The number of aromatic nitrogens is 2. The molecule has 1 aromatic heterocycles. The highest BCUT2D eigenvalue weighted by Crippen LogP contribution is 2.34. The van der Waals surface area contributed by atoms with Crippen molar-refractivity contribution in [2.75, 3.05) is 26.9 Å². The summed E-state index contributed by atoms with van der Waals surface area (Å²) in [5, 5.41) is 7.48. The van der Waals surface area contributed by atoms with Crippen molar-refractivity contribution >= 4 is 0 Å². The first-order valence-corrected chi connectivity index (χ1v) is 6.54. The van der Waals surface area contributed by atoms with Crippen LogP contribution in [0.15, 0.2) is 4.52 Å². The van der Waals surface area contributed by atoms with Gasteiger partial charge in [-0.3, -0.25) is 0 Å². The molecule has 6 nitrogen and oxygen atoms in total.